The van der Waals surface area contributed by atoms with E-state index in [2.05, 4.69) is 0 Å². The number of rotatable bonds is 8. The first kappa shape index (κ1) is 25.2. The summed E-state index contributed by atoms with van der Waals surface area (Å²) in [5.41, 5.74) is 0. The van der Waals surface area contributed by atoms with Gasteiger partial charge in [-0.05, 0) is 12.3 Å². The third-order valence-electron chi connectivity index (χ3n) is 6.49. The van der Waals surface area contributed by atoms with E-state index >= 15 is 0 Å². The van der Waals surface area contributed by atoms with Crippen molar-refractivity contribution in [3.63, 3.8) is 0 Å². The van der Waals surface area contributed by atoms with Crippen molar-refractivity contribution in [3.8, 4) is 0 Å². The molecule has 0 amide bonds. The molecule has 182 valence electrons. The van der Waals surface area contributed by atoms with Crippen molar-refractivity contribution >= 4 is 0 Å². The Morgan fingerprint density at radius 3 is 1.94 bits per heavy atom. The summed E-state index contributed by atoms with van der Waals surface area (Å²) in [5.74, 6) is 0.565. The van der Waals surface area contributed by atoms with Crippen LogP contribution < -0.4 is 0 Å². The lowest BCUT2D eigenvalue weighted by molar-refractivity contribution is -0.359. The molecule has 10 atom stereocenters. The number of aliphatic hydroxyl groups excluding tert-OH is 7. The van der Waals surface area contributed by atoms with Crippen LogP contribution in [-0.2, 0) is 18.9 Å². The highest BCUT2D eigenvalue weighted by Crippen LogP contribution is 2.30. The Morgan fingerprint density at radius 1 is 0.677 bits per heavy atom. The summed E-state index contributed by atoms with van der Waals surface area (Å²) < 4.78 is 22.0. The summed E-state index contributed by atoms with van der Waals surface area (Å²) in [7, 11) is 0. The van der Waals surface area contributed by atoms with Crippen LogP contribution in [0, 0.1) is 5.92 Å². The summed E-state index contributed by atoms with van der Waals surface area (Å²) >= 11 is 0. The van der Waals surface area contributed by atoms with Gasteiger partial charge in [0.15, 0.2) is 12.6 Å². The first-order valence-corrected chi connectivity index (χ1v) is 11.1. The summed E-state index contributed by atoms with van der Waals surface area (Å²) in [6, 6.07) is 0. The Bertz CT molecular complexity index is 527. The first-order valence-electron chi connectivity index (χ1n) is 11.1. The van der Waals surface area contributed by atoms with Crippen LogP contribution in [-0.4, -0.2) is 117 Å². The Kier molecular flexibility index (Phi) is 9.44. The molecular weight excluding hydrogens is 416 g/mol. The molecular formula is C20H36O11. The van der Waals surface area contributed by atoms with E-state index < -0.39 is 74.6 Å². The van der Waals surface area contributed by atoms with Crippen LogP contribution in [0.1, 0.15) is 38.5 Å². The molecule has 3 aliphatic rings. The van der Waals surface area contributed by atoms with Gasteiger partial charge in [0.2, 0.25) is 0 Å². The predicted molar refractivity (Wildman–Crippen MR) is 104 cm³/mol. The van der Waals surface area contributed by atoms with Gasteiger partial charge in [0.05, 0.1) is 19.8 Å². The van der Waals surface area contributed by atoms with Crippen LogP contribution >= 0.6 is 0 Å². The molecule has 11 nitrogen and oxygen atoms in total. The van der Waals surface area contributed by atoms with Crippen molar-refractivity contribution in [2.45, 2.75) is 99.9 Å². The molecule has 11 heteroatoms. The lowest BCUT2D eigenvalue weighted by Gasteiger charge is -2.46. The number of hydrogen-bond donors (Lipinski definition) is 7. The Labute approximate surface area is 181 Å². The average molecular weight is 452 g/mol. The van der Waals surface area contributed by atoms with E-state index in [1.54, 1.807) is 0 Å². The molecule has 1 saturated carbocycles. The van der Waals surface area contributed by atoms with Gasteiger partial charge in [0.1, 0.15) is 48.8 Å². The minimum Gasteiger partial charge on any atom is -0.394 e. The molecule has 0 bridgehead atoms. The highest BCUT2D eigenvalue weighted by atomic mass is 16.7. The molecule has 3 fully saturated rings. The number of ether oxygens (including phenoxy) is 4. The standard InChI is InChI=1S/C20H36O11/c21-8-11-13(23)14(24)16(26)20(29-11)31-18-12(9-22)30-19(17(27)15(18)25)28-7-6-10-4-2-1-3-5-10/h10-27H,1-9H2/t11-,12-,13-,14+,15-,16-,17-,18-,19+,20+/m1/s1. The van der Waals surface area contributed by atoms with Gasteiger partial charge in [-0.1, -0.05) is 32.1 Å². The maximum atomic E-state index is 10.6. The fraction of sp³-hybridized carbons (Fsp3) is 1.00. The maximum Gasteiger partial charge on any atom is 0.187 e. The molecule has 1 aliphatic carbocycles. The van der Waals surface area contributed by atoms with Gasteiger partial charge in [-0.3, -0.25) is 0 Å². The lowest BCUT2D eigenvalue weighted by Crippen LogP contribution is -2.64. The molecule has 0 aromatic heterocycles. The SMILES string of the molecule is OC[C@H]1O[C@@H](O[C@H]2[C@H](O)[C@@H](O)[C@@H](OCCC3CCCCC3)O[C@@H]2CO)[C@H](O)[C@@H](O)[C@@H]1O. The maximum absolute atomic E-state index is 10.6. The Hall–Kier alpha value is -0.440. The molecule has 3 rings (SSSR count). The lowest BCUT2D eigenvalue weighted by atomic mass is 9.87. The molecule has 7 N–H and O–H groups in total. The van der Waals surface area contributed by atoms with Crippen molar-refractivity contribution in [2.24, 2.45) is 5.92 Å². The van der Waals surface area contributed by atoms with E-state index in [1.807, 2.05) is 0 Å². The highest BCUT2D eigenvalue weighted by Gasteiger charge is 2.50. The second-order valence-corrected chi connectivity index (χ2v) is 8.67. The zero-order chi connectivity index (χ0) is 22.5. The summed E-state index contributed by atoms with van der Waals surface area (Å²) in [6.45, 7) is -0.874. The molecule has 0 aromatic carbocycles. The zero-order valence-electron chi connectivity index (χ0n) is 17.5. The van der Waals surface area contributed by atoms with Gasteiger partial charge in [0.25, 0.3) is 0 Å². The van der Waals surface area contributed by atoms with Gasteiger partial charge in [-0.25, -0.2) is 0 Å². The molecule has 0 spiro atoms. The average Bonchev–Trinajstić information content (AvgIpc) is 2.79. The van der Waals surface area contributed by atoms with E-state index in [4.69, 9.17) is 18.9 Å². The summed E-state index contributed by atoms with van der Waals surface area (Å²) in [4.78, 5) is 0. The van der Waals surface area contributed by atoms with Crippen LogP contribution in [0.15, 0.2) is 0 Å². The number of aliphatic hydroxyl groups is 7. The van der Waals surface area contributed by atoms with E-state index in [-0.39, 0.29) is 0 Å². The van der Waals surface area contributed by atoms with Crippen LogP contribution in [0.25, 0.3) is 0 Å². The van der Waals surface area contributed by atoms with Gasteiger partial charge >= 0.3 is 0 Å². The van der Waals surface area contributed by atoms with E-state index in [0.717, 1.165) is 19.3 Å². The minimum absolute atomic E-state index is 0.343. The number of hydrogen-bond acceptors (Lipinski definition) is 11. The minimum atomic E-state index is -1.69. The quantitative estimate of drug-likeness (QED) is 0.209. The molecule has 2 aliphatic heterocycles. The fourth-order valence-corrected chi connectivity index (χ4v) is 4.52. The molecule has 2 saturated heterocycles. The Balaban J connectivity index is 1.57. The predicted octanol–water partition coefficient (Wildman–Crippen LogP) is -2.40. The second kappa shape index (κ2) is 11.6. The largest absolute Gasteiger partial charge is 0.394 e. The second-order valence-electron chi connectivity index (χ2n) is 8.67. The van der Waals surface area contributed by atoms with Crippen molar-refractivity contribution in [1.82, 2.24) is 0 Å². The zero-order valence-corrected chi connectivity index (χ0v) is 17.5. The molecule has 2 heterocycles. The van der Waals surface area contributed by atoms with Crippen LogP contribution in [0.3, 0.4) is 0 Å². The summed E-state index contributed by atoms with van der Waals surface area (Å²) in [6.07, 6.45) is -7.49. The van der Waals surface area contributed by atoms with Gasteiger partial charge in [-0.15, -0.1) is 0 Å². The molecule has 31 heavy (non-hydrogen) atoms. The first-order chi connectivity index (χ1) is 14.9. The smallest absolute Gasteiger partial charge is 0.187 e. The highest BCUT2D eigenvalue weighted by molar-refractivity contribution is 4.94. The van der Waals surface area contributed by atoms with Crippen LogP contribution in [0.2, 0.25) is 0 Å². The summed E-state index contributed by atoms with van der Waals surface area (Å²) in [5, 5.41) is 69.9. The molecule has 0 radical (unpaired) electrons. The van der Waals surface area contributed by atoms with Crippen molar-refractivity contribution in [3.05, 3.63) is 0 Å². The third kappa shape index (κ3) is 5.92. The Morgan fingerprint density at radius 2 is 1.29 bits per heavy atom. The fourth-order valence-electron chi connectivity index (χ4n) is 4.52. The van der Waals surface area contributed by atoms with Gasteiger partial charge in [-0.2, -0.15) is 0 Å². The van der Waals surface area contributed by atoms with Crippen molar-refractivity contribution < 1.29 is 54.7 Å². The normalized spacial score (nSPS) is 45.0. The van der Waals surface area contributed by atoms with Gasteiger partial charge in [0, 0.05) is 0 Å². The van der Waals surface area contributed by atoms with E-state index in [0.29, 0.717) is 12.5 Å². The van der Waals surface area contributed by atoms with Crippen LogP contribution in [0.4, 0.5) is 0 Å². The van der Waals surface area contributed by atoms with E-state index in [9.17, 15) is 35.7 Å². The van der Waals surface area contributed by atoms with Crippen molar-refractivity contribution in [2.75, 3.05) is 19.8 Å². The van der Waals surface area contributed by atoms with Crippen molar-refractivity contribution in [1.29, 1.82) is 0 Å². The molecule has 0 unspecified atom stereocenters. The van der Waals surface area contributed by atoms with Gasteiger partial charge < -0.3 is 54.7 Å². The monoisotopic (exact) mass is 452 g/mol. The molecule has 0 aromatic rings. The van der Waals surface area contributed by atoms with E-state index in [1.165, 1.54) is 19.3 Å². The topological polar surface area (TPSA) is 179 Å². The van der Waals surface area contributed by atoms with Crippen LogP contribution in [0.5, 0.6) is 0 Å². The third-order valence-corrected chi connectivity index (χ3v) is 6.49.